The van der Waals surface area contributed by atoms with Gasteiger partial charge in [-0.15, -0.1) is 0 Å². The Morgan fingerprint density at radius 2 is 2.08 bits per heavy atom. The molecule has 1 saturated heterocycles. The van der Waals surface area contributed by atoms with Crippen molar-refractivity contribution in [3.63, 3.8) is 0 Å². The molecule has 13 heavy (non-hydrogen) atoms. The van der Waals surface area contributed by atoms with Gasteiger partial charge in [-0.3, -0.25) is 0 Å². The first-order valence-electron chi connectivity index (χ1n) is 5.06. The van der Waals surface area contributed by atoms with Crippen molar-refractivity contribution in [3.05, 3.63) is 0 Å². The van der Waals surface area contributed by atoms with Crippen LogP contribution < -0.4 is 0 Å². The highest BCUT2D eigenvalue weighted by atomic mass is 16.7. The number of hydrogen-bond acceptors (Lipinski definition) is 3. The summed E-state index contributed by atoms with van der Waals surface area (Å²) in [6.07, 6.45) is 0.339. The number of likely N-dealkylation sites (N-methyl/N-ethyl adjacent to an activating group) is 1. The maximum absolute atomic E-state index is 5.63. The molecule has 3 atom stereocenters. The molecule has 3 unspecified atom stereocenters. The van der Waals surface area contributed by atoms with E-state index in [1.165, 1.54) is 0 Å². The van der Waals surface area contributed by atoms with E-state index in [4.69, 9.17) is 9.47 Å². The largest absolute Gasteiger partial charge is 0.356 e. The lowest BCUT2D eigenvalue weighted by Crippen LogP contribution is -2.24. The molecule has 0 aromatic carbocycles. The molecule has 1 fully saturated rings. The van der Waals surface area contributed by atoms with Crippen molar-refractivity contribution < 1.29 is 9.47 Å². The molecule has 0 amide bonds. The van der Waals surface area contributed by atoms with Gasteiger partial charge in [0, 0.05) is 19.2 Å². The van der Waals surface area contributed by atoms with Gasteiger partial charge >= 0.3 is 0 Å². The Labute approximate surface area is 81.0 Å². The smallest absolute Gasteiger partial charge is 0.147 e. The summed E-state index contributed by atoms with van der Waals surface area (Å²) < 4.78 is 10.8. The van der Waals surface area contributed by atoms with Crippen molar-refractivity contribution in [2.45, 2.75) is 32.9 Å². The van der Waals surface area contributed by atoms with E-state index >= 15 is 0 Å². The summed E-state index contributed by atoms with van der Waals surface area (Å²) in [6, 6.07) is 0.617. The summed E-state index contributed by atoms with van der Waals surface area (Å²) in [4.78, 5) is 2.33. The third-order valence-electron chi connectivity index (χ3n) is 3.08. The van der Waals surface area contributed by atoms with Crippen LogP contribution in [0.3, 0.4) is 0 Å². The third-order valence-corrected chi connectivity index (χ3v) is 3.08. The molecule has 1 aliphatic rings. The Hall–Kier alpha value is -0.120. The quantitative estimate of drug-likeness (QED) is 0.489. The SMILES string of the molecule is CCOCOC1CN(C)C(C)C1C. The van der Waals surface area contributed by atoms with Gasteiger partial charge in [0.25, 0.3) is 0 Å². The van der Waals surface area contributed by atoms with E-state index in [1.54, 1.807) is 0 Å². The minimum absolute atomic E-state index is 0.339. The molecule has 0 aromatic rings. The third kappa shape index (κ3) is 2.66. The molecule has 78 valence electrons. The van der Waals surface area contributed by atoms with Crippen LogP contribution in [0.25, 0.3) is 0 Å². The summed E-state index contributed by atoms with van der Waals surface area (Å²) >= 11 is 0. The molecule has 0 saturated carbocycles. The lowest BCUT2D eigenvalue weighted by molar-refractivity contribution is -0.0920. The summed E-state index contributed by atoms with van der Waals surface area (Å²) in [5.41, 5.74) is 0. The zero-order chi connectivity index (χ0) is 9.84. The van der Waals surface area contributed by atoms with Crippen LogP contribution >= 0.6 is 0 Å². The van der Waals surface area contributed by atoms with Crippen molar-refractivity contribution in [1.82, 2.24) is 4.90 Å². The summed E-state index contributed by atoms with van der Waals surface area (Å²) in [5, 5.41) is 0. The van der Waals surface area contributed by atoms with Gasteiger partial charge in [-0.05, 0) is 26.8 Å². The van der Waals surface area contributed by atoms with Gasteiger partial charge in [-0.25, -0.2) is 0 Å². The minimum atomic E-state index is 0.339. The van der Waals surface area contributed by atoms with Crippen LogP contribution in [-0.4, -0.2) is 44.0 Å². The lowest BCUT2D eigenvalue weighted by atomic mass is 10.0. The molecule has 3 heteroatoms. The van der Waals surface area contributed by atoms with Crippen LogP contribution in [0, 0.1) is 5.92 Å². The van der Waals surface area contributed by atoms with Gasteiger partial charge in [0.05, 0.1) is 6.10 Å². The Bertz CT molecular complexity index is 152. The monoisotopic (exact) mass is 187 g/mol. The predicted molar refractivity (Wildman–Crippen MR) is 52.6 cm³/mol. The van der Waals surface area contributed by atoms with Crippen LogP contribution in [0.5, 0.6) is 0 Å². The second-order valence-corrected chi connectivity index (χ2v) is 3.86. The van der Waals surface area contributed by atoms with E-state index in [0.29, 0.717) is 24.9 Å². The first-order chi connectivity index (χ1) is 6.16. The Kier molecular flexibility index (Phi) is 4.16. The Balaban J connectivity index is 2.27. The van der Waals surface area contributed by atoms with E-state index in [2.05, 4.69) is 25.8 Å². The Morgan fingerprint density at radius 1 is 1.38 bits per heavy atom. The molecule has 1 rings (SSSR count). The van der Waals surface area contributed by atoms with Crippen molar-refractivity contribution >= 4 is 0 Å². The first-order valence-corrected chi connectivity index (χ1v) is 5.06. The van der Waals surface area contributed by atoms with Gasteiger partial charge < -0.3 is 14.4 Å². The van der Waals surface area contributed by atoms with E-state index in [0.717, 1.165) is 13.2 Å². The molecule has 1 aliphatic heterocycles. The molecule has 0 bridgehead atoms. The van der Waals surface area contributed by atoms with Crippen molar-refractivity contribution in [2.75, 3.05) is 27.0 Å². The van der Waals surface area contributed by atoms with E-state index < -0.39 is 0 Å². The number of ether oxygens (including phenoxy) is 2. The average Bonchev–Trinajstić information content (AvgIpc) is 2.34. The van der Waals surface area contributed by atoms with Crippen molar-refractivity contribution in [3.8, 4) is 0 Å². The molecule has 0 radical (unpaired) electrons. The molecule has 0 aliphatic carbocycles. The second kappa shape index (κ2) is 4.94. The number of likely N-dealkylation sites (tertiary alicyclic amines) is 1. The maximum atomic E-state index is 5.63. The predicted octanol–water partition coefficient (Wildman–Crippen LogP) is 1.34. The highest BCUT2D eigenvalue weighted by Crippen LogP contribution is 2.24. The van der Waals surface area contributed by atoms with Crippen molar-refractivity contribution in [2.24, 2.45) is 5.92 Å². The topological polar surface area (TPSA) is 21.7 Å². The molecule has 0 aromatic heterocycles. The summed E-state index contributed by atoms with van der Waals surface area (Å²) in [7, 11) is 2.14. The lowest BCUT2D eigenvalue weighted by Gasteiger charge is -2.18. The standard InChI is InChI=1S/C10H21NO2/c1-5-12-7-13-10-6-11(4)9(3)8(10)2/h8-10H,5-7H2,1-4H3. The molecule has 0 N–H and O–H groups in total. The molecule has 0 spiro atoms. The van der Waals surface area contributed by atoms with Crippen LogP contribution in [-0.2, 0) is 9.47 Å². The van der Waals surface area contributed by atoms with Crippen LogP contribution in [0.4, 0.5) is 0 Å². The molecular weight excluding hydrogens is 166 g/mol. The molecular formula is C10H21NO2. The van der Waals surface area contributed by atoms with Gasteiger partial charge in [0.1, 0.15) is 6.79 Å². The van der Waals surface area contributed by atoms with Gasteiger partial charge in [0.15, 0.2) is 0 Å². The second-order valence-electron chi connectivity index (χ2n) is 3.86. The Morgan fingerprint density at radius 3 is 2.54 bits per heavy atom. The van der Waals surface area contributed by atoms with Crippen LogP contribution in [0.15, 0.2) is 0 Å². The van der Waals surface area contributed by atoms with E-state index in [9.17, 15) is 0 Å². The molecule has 3 nitrogen and oxygen atoms in total. The fourth-order valence-corrected chi connectivity index (χ4v) is 1.75. The highest BCUT2D eigenvalue weighted by Gasteiger charge is 2.34. The fraction of sp³-hybridized carbons (Fsp3) is 1.00. The van der Waals surface area contributed by atoms with Crippen LogP contribution in [0.2, 0.25) is 0 Å². The fourth-order valence-electron chi connectivity index (χ4n) is 1.75. The first kappa shape index (κ1) is 11.0. The van der Waals surface area contributed by atoms with E-state index in [1.807, 2.05) is 6.92 Å². The van der Waals surface area contributed by atoms with Gasteiger partial charge in [0.2, 0.25) is 0 Å². The summed E-state index contributed by atoms with van der Waals surface area (Å²) in [5.74, 6) is 0.602. The van der Waals surface area contributed by atoms with Crippen molar-refractivity contribution in [1.29, 1.82) is 0 Å². The van der Waals surface area contributed by atoms with Gasteiger partial charge in [-0.1, -0.05) is 6.92 Å². The van der Waals surface area contributed by atoms with Gasteiger partial charge in [-0.2, -0.15) is 0 Å². The minimum Gasteiger partial charge on any atom is -0.356 e. The van der Waals surface area contributed by atoms with Crippen LogP contribution in [0.1, 0.15) is 20.8 Å². The number of hydrogen-bond donors (Lipinski definition) is 0. The van der Waals surface area contributed by atoms with E-state index in [-0.39, 0.29) is 0 Å². The zero-order valence-corrected chi connectivity index (χ0v) is 9.12. The number of nitrogens with zero attached hydrogens (tertiary/aromatic N) is 1. The number of rotatable bonds is 4. The maximum Gasteiger partial charge on any atom is 0.147 e. The zero-order valence-electron chi connectivity index (χ0n) is 9.12. The normalized spacial score (nSPS) is 35.5. The summed E-state index contributed by atoms with van der Waals surface area (Å²) in [6.45, 7) is 8.66. The molecule has 1 heterocycles. The average molecular weight is 187 g/mol. The highest BCUT2D eigenvalue weighted by molar-refractivity contribution is 4.86.